The van der Waals surface area contributed by atoms with Gasteiger partial charge in [-0.1, -0.05) is 18.2 Å². The highest BCUT2D eigenvalue weighted by molar-refractivity contribution is 7.14. The number of carbonyl (C=O) groups excluding carboxylic acids is 1. The number of para-hydroxylation sites is 1. The first kappa shape index (κ1) is 15.8. The van der Waals surface area contributed by atoms with Crippen LogP contribution in [0.1, 0.15) is 38.8 Å². The summed E-state index contributed by atoms with van der Waals surface area (Å²) in [4.78, 5) is 22.9. The molecule has 2 aliphatic heterocycles. The lowest BCUT2D eigenvalue weighted by molar-refractivity contribution is 0.0992. The molecule has 126 valence electrons. The van der Waals surface area contributed by atoms with Gasteiger partial charge in [-0.2, -0.15) is 0 Å². The number of thiazole rings is 1. The number of anilines is 1. The second-order valence-corrected chi connectivity index (χ2v) is 7.74. The molecule has 0 N–H and O–H groups in total. The Balaban J connectivity index is 1.49. The predicted octanol–water partition coefficient (Wildman–Crippen LogP) is 3.29. The normalized spacial score (nSPS) is 17.5. The minimum absolute atomic E-state index is 0.113. The smallest absolute Gasteiger partial charge is 0.270 e. The van der Waals surface area contributed by atoms with Crippen LogP contribution in [0, 0.1) is 6.92 Å². The summed E-state index contributed by atoms with van der Waals surface area (Å²) in [5.74, 6) is 0.113. The maximum atomic E-state index is 13.0. The van der Waals surface area contributed by atoms with E-state index >= 15 is 0 Å². The third kappa shape index (κ3) is 2.98. The molecule has 1 aromatic heterocycles. The average Bonchev–Trinajstić information content (AvgIpc) is 3.32. The zero-order valence-electron chi connectivity index (χ0n) is 14.1. The van der Waals surface area contributed by atoms with Gasteiger partial charge in [-0.15, -0.1) is 11.3 Å². The number of amides is 1. The van der Waals surface area contributed by atoms with Crippen molar-refractivity contribution in [3.05, 3.63) is 45.4 Å². The molecule has 4 rings (SSSR count). The van der Waals surface area contributed by atoms with Crippen molar-refractivity contribution in [3.8, 4) is 0 Å². The molecule has 3 heterocycles. The molecule has 5 heteroatoms. The molecule has 0 aliphatic carbocycles. The van der Waals surface area contributed by atoms with E-state index in [1.807, 2.05) is 30.0 Å². The molecule has 2 aliphatic rings. The Morgan fingerprint density at radius 1 is 1.21 bits per heavy atom. The molecule has 0 unspecified atom stereocenters. The number of rotatable bonds is 4. The van der Waals surface area contributed by atoms with Crippen molar-refractivity contribution in [2.45, 2.75) is 32.6 Å². The fourth-order valence-corrected chi connectivity index (χ4v) is 4.69. The molecule has 1 fully saturated rings. The van der Waals surface area contributed by atoms with Gasteiger partial charge < -0.3 is 9.80 Å². The number of likely N-dealkylation sites (tertiary alicyclic amines) is 1. The first-order chi connectivity index (χ1) is 11.7. The van der Waals surface area contributed by atoms with Crippen LogP contribution in [-0.4, -0.2) is 42.0 Å². The molecular formula is C19H23N3OS. The summed E-state index contributed by atoms with van der Waals surface area (Å²) in [6.07, 6.45) is 4.53. The van der Waals surface area contributed by atoms with E-state index in [4.69, 9.17) is 0 Å². The average molecular weight is 341 g/mol. The maximum Gasteiger partial charge on any atom is 0.270 e. The van der Waals surface area contributed by atoms with Gasteiger partial charge in [0.25, 0.3) is 5.91 Å². The number of hydrogen-bond acceptors (Lipinski definition) is 4. The second-order valence-electron chi connectivity index (χ2n) is 6.66. The third-order valence-electron chi connectivity index (χ3n) is 5.01. The maximum absolute atomic E-state index is 13.0. The zero-order valence-corrected chi connectivity index (χ0v) is 14.9. The van der Waals surface area contributed by atoms with Gasteiger partial charge >= 0.3 is 0 Å². The minimum Gasteiger partial charge on any atom is -0.307 e. The van der Waals surface area contributed by atoms with Crippen LogP contribution in [0.5, 0.6) is 0 Å². The van der Waals surface area contributed by atoms with Crippen LogP contribution in [0.25, 0.3) is 0 Å². The van der Waals surface area contributed by atoms with E-state index in [1.54, 1.807) is 11.3 Å². The fraction of sp³-hybridized carbons (Fsp3) is 0.474. The Hall–Kier alpha value is -1.72. The molecule has 1 amide bonds. The lowest BCUT2D eigenvalue weighted by Crippen LogP contribution is -2.28. The minimum atomic E-state index is 0.113. The number of fused-ring (bicyclic) bond motifs is 1. The molecule has 1 saturated heterocycles. The fourth-order valence-electron chi connectivity index (χ4n) is 3.69. The number of benzene rings is 1. The summed E-state index contributed by atoms with van der Waals surface area (Å²) in [7, 11) is 0. The summed E-state index contributed by atoms with van der Waals surface area (Å²) in [5.41, 5.74) is 3.21. The van der Waals surface area contributed by atoms with Gasteiger partial charge in [0.1, 0.15) is 4.88 Å². The van der Waals surface area contributed by atoms with E-state index in [0.717, 1.165) is 47.2 Å². The monoisotopic (exact) mass is 341 g/mol. The highest BCUT2D eigenvalue weighted by Crippen LogP contribution is 2.31. The molecule has 0 saturated carbocycles. The van der Waals surface area contributed by atoms with Crippen LogP contribution in [-0.2, 0) is 12.8 Å². The molecule has 2 aromatic rings. The van der Waals surface area contributed by atoms with Crippen LogP contribution in [0.3, 0.4) is 0 Å². The van der Waals surface area contributed by atoms with Gasteiger partial charge in [-0.25, -0.2) is 4.98 Å². The van der Waals surface area contributed by atoms with Gasteiger partial charge in [-0.3, -0.25) is 4.79 Å². The summed E-state index contributed by atoms with van der Waals surface area (Å²) in [5, 5.41) is 1.09. The summed E-state index contributed by atoms with van der Waals surface area (Å²) in [6.45, 7) is 6.22. The zero-order chi connectivity index (χ0) is 16.5. The van der Waals surface area contributed by atoms with E-state index in [1.165, 1.54) is 31.5 Å². The Morgan fingerprint density at radius 3 is 2.83 bits per heavy atom. The van der Waals surface area contributed by atoms with Crippen molar-refractivity contribution in [1.29, 1.82) is 0 Å². The molecule has 1 aromatic carbocycles. The van der Waals surface area contributed by atoms with Crippen molar-refractivity contribution in [2.24, 2.45) is 0 Å². The molecule has 0 radical (unpaired) electrons. The molecule has 4 nitrogen and oxygen atoms in total. The topological polar surface area (TPSA) is 36.4 Å². The van der Waals surface area contributed by atoms with Crippen LogP contribution in [0.4, 0.5) is 5.69 Å². The van der Waals surface area contributed by atoms with Crippen LogP contribution < -0.4 is 4.90 Å². The first-order valence-electron chi connectivity index (χ1n) is 8.81. The predicted molar refractivity (Wildman–Crippen MR) is 98.1 cm³/mol. The lowest BCUT2D eigenvalue weighted by Gasteiger charge is -2.16. The van der Waals surface area contributed by atoms with Gasteiger partial charge in [-0.05, 0) is 50.9 Å². The number of aromatic nitrogens is 1. The van der Waals surface area contributed by atoms with Crippen molar-refractivity contribution < 1.29 is 4.79 Å². The molecular weight excluding hydrogens is 318 g/mol. The van der Waals surface area contributed by atoms with Crippen LogP contribution in [0.15, 0.2) is 24.3 Å². The quantitative estimate of drug-likeness (QED) is 0.856. The van der Waals surface area contributed by atoms with E-state index in [0.29, 0.717) is 0 Å². The highest BCUT2D eigenvalue weighted by atomic mass is 32.1. The van der Waals surface area contributed by atoms with E-state index in [-0.39, 0.29) is 5.91 Å². The lowest BCUT2D eigenvalue weighted by atomic mass is 10.2. The molecule has 0 spiro atoms. The summed E-state index contributed by atoms with van der Waals surface area (Å²) >= 11 is 1.58. The largest absolute Gasteiger partial charge is 0.307 e. The Morgan fingerprint density at radius 2 is 2.00 bits per heavy atom. The SMILES string of the molecule is Cc1nc(CCN2CCCC2)sc1C(=O)N1CCc2ccccc21. The van der Waals surface area contributed by atoms with Crippen molar-refractivity contribution in [3.63, 3.8) is 0 Å². The van der Waals surface area contributed by atoms with Gasteiger partial charge in [0, 0.05) is 25.2 Å². The Bertz CT molecular complexity index is 749. The molecule has 0 atom stereocenters. The number of carbonyl (C=O) groups is 1. The Kier molecular flexibility index (Phi) is 4.37. The Labute approximate surface area is 147 Å². The first-order valence-corrected chi connectivity index (χ1v) is 9.62. The molecule has 0 bridgehead atoms. The van der Waals surface area contributed by atoms with Crippen LogP contribution in [0.2, 0.25) is 0 Å². The van der Waals surface area contributed by atoms with E-state index < -0.39 is 0 Å². The van der Waals surface area contributed by atoms with Gasteiger partial charge in [0.15, 0.2) is 0 Å². The van der Waals surface area contributed by atoms with Crippen molar-refractivity contribution in [1.82, 2.24) is 9.88 Å². The second kappa shape index (κ2) is 6.65. The standard InChI is InChI=1S/C19H23N3OS/c1-14-18(24-17(20-14)9-12-21-10-4-5-11-21)19(23)22-13-8-15-6-2-3-7-16(15)22/h2-3,6-7H,4-5,8-13H2,1H3. The number of hydrogen-bond donors (Lipinski definition) is 0. The van der Waals surface area contributed by atoms with Crippen molar-refractivity contribution >= 4 is 22.9 Å². The van der Waals surface area contributed by atoms with Crippen molar-refractivity contribution in [2.75, 3.05) is 31.1 Å². The van der Waals surface area contributed by atoms with Gasteiger partial charge in [0.05, 0.1) is 10.7 Å². The van der Waals surface area contributed by atoms with E-state index in [9.17, 15) is 4.79 Å². The summed E-state index contributed by atoms with van der Waals surface area (Å²) in [6, 6.07) is 8.21. The summed E-state index contributed by atoms with van der Waals surface area (Å²) < 4.78 is 0. The van der Waals surface area contributed by atoms with Gasteiger partial charge in [0.2, 0.25) is 0 Å². The number of aryl methyl sites for hydroxylation is 1. The van der Waals surface area contributed by atoms with Crippen LogP contribution >= 0.6 is 11.3 Å². The number of nitrogens with zero attached hydrogens (tertiary/aromatic N) is 3. The third-order valence-corrected chi connectivity index (χ3v) is 6.21. The molecule has 24 heavy (non-hydrogen) atoms. The van der Waals surface area contributed by atoms with E-state index in [2.05, 4.69) is 16.0 Å². The highest BCUT2D eigenvalue weighted by Gasteiger charge is 2.28.